The summed E-state index contributed by atoms with van der Waals surface area (Å²) in [4.78, 5) is 23.2. The molecule has 0 radical (unpaired) electrons. The smallest absolute Gasteiger partial charge is 0.744 e. The van der Waals surface area contributed by atoms with Crippen molar-refractivity contribution in [3.05, 3.63) is 108 Å². The second kappa shape index (κ2) is 17.4. The van der Waals surface area contributed by atoms with Gasteiger partial charge in [-0.05, 0) is 59.7 Å². The Hall–Kier alpha value is -5.78. The van der Waals surface area contributed by atoms with E-state index < -0.39 is 30.0 Å². The first-order chi connectivity index (χ1) is 24.8. The molecule has 54 heavy (non-hydrogen) atoms. The molecule has 0 aliphatic heterocycles. The maximum atomic E-state index is 12.3. The summed E-state index contributed by atoms with van der Waals surface area (Å²) in [5.41, 5.74) is 13.0. The number of para-hydroxylation sites is 2. The SMILES string of the molecule is Nc1nc(Nc2ccccc2)nc(Nc2ccc(C=Cc3ccc(Nc4nc(N)nc(Nc5ccccc5)n4)cc3S(=O)(=O)[O-])c(S(=O)(=O)[O-])c2)n1.[NH4+].[Na+]. The predicted molar refractivity (Wildman–Crippen MR) is 198 cm³/mol. The minimum atomic E-state index is -5.07. The Bertz CT molecular complexity index is 2340. The number of nitrogens with zero attached hydrogens (tertiary/aromatic N) is 6. The fourth-order valence-corrected chi connectivity index (χ4v) is 6.07. The Morgan fingerprint density at radius 3 is 1.11 bits per heavy atom. The summed E-state index contributed by atoms with van der Waals surface area (Å²) in [6.07, 6.45) is 2.37. The summed E-state index contributed by atoms with van der Waals surface area (Å²) in [6.45, 7) is 0. The van der Waals surface area contributed by atoms with Gasteiger partial charge in [-0.3, -0.25) is 0 Å². The molecule has 22 heteroatoms. The summed E-state index contributed by atoms with van der Waals surface area (Å²) in [5.74, 6) is -0.174. The molecular weight excluding hydrogens is 750 g/mol. The molecule has 0 bridgehead atoms. The van der Waals surface area contributed by atoms with Crippen molar-refractivity contribution in [1.29, 1.82) is 0 Å². The van der Waals surface area contributed by atoms with Gasteiger partial charge in [-0.15, -0.1) is 0 Å². The number of nitrogens with one attached hydrogen (secondary N) is 4. The summed E-state index contributed by atoms with van der Waals surface area (Å²) >= 11 is 0. The summed E-state index contributed by atoms with van der Waals surface area (Å²) in [6, 6.07) is 25.5. The third kappa shape index (κ3) is 10.9. The van der Waals surface area contributed by atoms with Gasteiger partial charge in [0.1, 0.15) is 20.2 Å². The van der Waals surface area contributed by atoms with Crippen LogP contribution in [-0.2, 0) is 20.2 Å². The molecule has 2 heterocycles. The number of nitrogens with two attached hydrogens (primary N) is 2. The summed E-state index contributed by atoms with van der Waals surface area (Å²) in [7, 11) is -10.1. The maximum absolute atomic E-state index is 12.3. The van der Waals surface area contributed by atoms with Crippen molar-refractivity contribution in [2.75, 3.05) is 32.7 Å². The average Bonchev–Trinajstić information content (AvgIpc) is 3.07. The van der Waals surface area contributed by atoms with Crippen LogP contribution in [-0.4, -0.2) is 55.8 Å². The van der Waals surface area contributed by atoms with Gasteiger partial charge in [0.15, 0.2) is 0 Å². The largest absolute Gasteiger partial charge is 1.00 e. The second-order valence-corrected chi connectivity index (χ2v) is 13.4. The number of nitrogen functional groups attached to an aromatic ring is 2. The maximum Gasteiger partial charge on any atom is 1.00 e. The number of aromatic nitrogens is 6. The molecule has 0 fully saturated rings. The molecule has 0 spiro atoms. The van der Waals surface area contributed by atoms with Gasteiger partial charge in [-0.2, -0.15) is 29.9 Å². The van der Waals surface area contributed by atoms with E-state index in [0.717, 1.165) is 12.1 Å². The Labute approximate surface area is 331 Å². The molecule has 0 saturated heterocycles. The van der Waals surface area contributed by atoms with Crippen LogP contribution >= 0.6 is 0 Å². The summed E-state index contributed by atoms with van der Waals surface area (Å²) in [5, 5.41) is 11.5. The molecule has 0 saturated carbocycles. The first kappa shape index (κ1) is 41.0. The van der Waals surface area contributed by atoms with Crippen LogP contribution in [0.25, 0.3) is 12.2 Å². The molecule has 19 nitrogen and oxygen atoms in total. The first-order valence-electron chi connectivity index (χ1n) is 14.9. The van der Waals surface area contributed by atoms with Crippen molar-refractivity contribution in [1.82, 2.24) is 36.1 Å². The van der Waals surface area contributed by atoms with Crippen molar-refractivity contribution >= 4 is 90.8 Å². The minimum Gasteiger partial charge on any atom is -0.744 e. The third-order valence-electron chi connectivity index (χ3n) is 6.89. The number of rotatable bonds is 12. The van der Waals surface area contributed by atoms with E-state index in [4.69, 9.17) is 11.5 Å². The van der Waals surface area contributed by atoms with Crippen molar-refractivity contribution < 1.29 is 55.5 Å². The van der Waals surface area contributed by atoms with Gasteiger partial charge in [-0.1, -0.05) is 60.7 Å². The Balaban J connectivity index is 0.00000325. The third-order valence-corrected chi connectivity index (χ3v) is 8.67. The monoisotopic (exact) mass is 779 g/mol. The van der Waals surface area contributed by atoms with Crippen LogP contribution in [0.15, 0.2) is 107 Å². The van der Waals surface area contributed by atoms with Gasteiger partial charge in [0, 0.05) is 22.7 Å². The van der Waals surface area contributed by atoms with Gasteiger partial charge < -0.3 is 48.0 Å². The molecule has 0 atom stereocenters. The van der Waals surface area contributed by atoms with E-state index in [1.807, 2.05) is 12.1 Å². The topological polar surface area (TPSA) is 328 Å². The number of hydrogen-bond donors (Lipinski definition) is 7. The first-order valence-corrected chi connectivity index (χ1v) is 17.7. The minimum absolute atomic E-state index is 0. The number of hydrogen-bond acceptors (Lipinski definition) is 18. The molecule has 0 amide bonds. The molecule has 12 N–H and O–H groups in total. The van der Waals surface area contributed by atoms with Crippen LogP contribution in [0.3, 0.4) is 0 Å². The predicted octanol–water partition coefficient (Wildman–Crippen LogP) is 1.55. The molecule has 0 unspecified atom stereocenters. The van der Waals surface area contributed by atoms with Gasteiger partial charge in [0.25, 0.3) is 0 Å². The molecule has 0 aliphatic rings. The van der Waals surface area contributed by atoms with Crippen LogP contribution < -0.4 is 68.4 Å². The van der Waals surface area contributed by atoms with E-state index in [1.165, 1.54) is 36.4 Å². The zero-order valence-electron chi connectivity index (χ0n) is 28.5. The average molecular weight is 780 g/mol. The van der Waals surface area contributed by atoms with E-state index in [2.05, 4.69) is 51.2 Å². The van der Waals surface area contributed by atoms with Crippen LogP contribution in [0.1, 0.15) is 11.1 Å². The Kier molecular flexibility index (Phi) is 13.2. The number of benzene rings is 4. The zero-order valence-corrected chi connectivity index (χ0v) is 32.1. The van der Waals surface area contributed by atoms with Crippen LogP contribution in [0.2, 0.25) is 0 Å². The van der Waals surface area contributed by atoms with E-state index in [1.54, 1.807) is 48.5 Å². The molecular formula is C32H30N13NaO6S2. The van der Waals surface area contributed by atoms with Gasteiger partial charge >= 0.3 is 29.6 Å². The quantitative estimate of drug-likeness (QED) is 0.0526. The Morgan fingerprint density at radius 2 is 0.796 bits per heavy atom. The fourth-order valence-electron chi connectivity index (χ4n) is 4.68. The van der Waals surface area contributed by atoms with E-state index >= 15 is 0 Å². The molecule has 4 aromatic carbocycles. The number of quaternary nitrogens is 1. The van der Waals surface area contributed by atoms with E-state index in [9.17, 15) is 25.9 Å². The van der Waals surface area contributed by atoms with Crippen molar-refractivity contribution in [2.24, 2.45) is 0 Å². The van der Waals surface area contributed by atoms with Gasteiger partial charge in [0.2, 0.25) is 35.7 Å². The molecule has 6 aromatic rings. The van der Waals surface area contributed by atoms with E-state index in [0.29, 0.717) is 11.4 Å². The normalized spacial score (nSPS) is 11.2. The van der Waals surface area contributed by atoms with Crippen LogP contribution in [0, 0.1) is 0 Å². The van der Waals surface area contributed by atoms with Crippen molar-refractivity contribution in [2.45, 2.75) is 9.79 Å². The van der Waals surface area contributed by atoms with Crippen LogP contribution in [0.4, 0.5) is 58.4 Å². The van der Waals surface area contributed by atoms with Gasteiger partial charge in [-0.25, -0.2) is 16.8 Å². The molecule has 2 aromatic heterocycles. The summed E-state index contributed by atoms with van der Waals surface area (Å²) < 4.78 is 73.8. The molecule has 272 valence electrons. The van der Waals surface area contributed by atoms with Crippen molar-refractivity contribution in [3.63, 3.8) is 0 Å². The van der Waals surface area contributed by atoms with Crippen LogP contribution in [0.5, 0.6) is 0 Å². The zero-order chi connectivity index (χ0) is 36.9. The second-order valence-electron chi connectivity index (χ2n) is 10.7. The van der Waals surface area contributed by atoms with Crippen molar-refractivity contribution in [3.8, 4) is 0 Å². The van der Waals surface area contributed by atoms with E-state index in [-0.39, 0.29) is 93.9 Å². The number of anilines is 10. The molecule has 6 rings (SSSR count). The van der Waals surface area contributed by atoms with Gasteiger partial charge in [0.05, 0.1) is 9.79 Å². The standard InChI is InChI=1S/C32H28N12O6S2.H3N.Na/c33-27-39-29(35-21-7-3-1-4-8-21)43-31(41-27)37-23-15-13-19(25(17-23)51(45,46)47)11-12-20-14-16-24(18-26(20)52(48,49)50)38-32-42-28(34)40-30(44-32)36-22-9-5-2-6-10-22;;/h1-18H,(H,45,46,47)(H,48,49,50)(H4,33,35,37,39,41,43)(H4,34,36,38,40,42,44);1H3;/q;;+1/p-1. The Morgan fingerprint density at radius 1 is 0.481 bits per heavy atom. The fraction of sp³-hybridized carbons (Fsp3) is 0. The molecule has 0 aliphatic carbocycles.